The van der Waals surface area contributed by atoms with E-state index < -0.39 is 5.41 Å². The van der Waals surface area contributed by atoms with Crippen molar-refractivity contribution in [2.45, 2.75) is 25.2 Å². The fourth-order valence-corrected chi connectivity index (χ4v) is 4.13. The van der Waals surface area contributed by atoms with Crippen LogP contribution in [0.15, 0.2) is 54.6 Å². The molecule has 0 bridgehead atoms. The van der Waals surface area contributed by atoms with Crippen molar-refractivity contribution in [3.8, 4) is 5.75 Å². The zero-order valence-electron chi connectivity index (χ0n) is 11.6. The molecule has 2 aromatic carbocycles. The molecule has 2 atom stereocenters. The average Bonchev–Trinajstić information content (AvgIpc) is 2.82. The summed E-state index contributed by atoms with van der Waals surface area (Å²) in [4.78, 5) is 12.6. The maximum absolute atomic E-state index is 12.6. The van der Waals surface area contributed by atoms with Crippen molar-refractivity contribution < 1.29 is 9.53 Å². The predicted molar refractivity (Wildman–Crippen MR) is 76.7 cm³/mol. The van der Waals surface area contributed by atoms with E-state index >= 15 is 0 Å². The van der Waals surface area contributed by atoms with Crippen LogP contribution in [0.2, 0.25) is 0 Å². The number of ether oxygens (including phenoxy) is 1. The summed E-state index contributed by atoms with van der Waals surface area (Å²) < 4.78 is 5.53. The van der Waals surface area contributed by atoms with Gasteiger partial charge in [0.1, 0.15) is 11.2 Å². The van der Waals surface area contributed by atoms with Crippen molar-refractivity contribution in [1.82, 2.24) is 0 Å². The summed E-state index contributed by atoms with van der Waals surface area (Å²) in [5, 5.41) is 0. The monoisotopic (exact) mass is 264 g/mol. The Hall–Kier alpha value is -2.09. The first-order valence-electron chi connectivity index (χ1n) is 6.97. The maximum Gasteiger partial charge on any atom is 0.323 e. The Balaban J connectivity index is 1.92. The van der Waals surface area contributed by atoms with E-state index in [-0.39, 0.29) is 17.3 Å². The third kappa shape index (κ3) is 1.13. The lowest BCUT2D eigenvalue weighted by Crippen LogP contribution is -2.24. The first-order chi connectivity index (χ1) is 9.60. The molecule has 2 nitrogen and oxygen atoms in total. The Bertz CT molecular complexity index is 702. The van der Waals surface area contributed by atoms with Gasteiger partial charge in [0, 0.05) is 11.5 Å². The van der Waals surface area contributed by atoms with Gasteiger partial charge in [-0.15, -0.1) is 0 Å². The molecule has 1 heterocycles. The molecule has 20 heavy (non-hydrogen) atoms. The summed E-state index contributed by atoms with van der Waals surface area (Å²) in [6.07, 6.45) is 0. The molecule has 4 rings (SSSR count). The van der Waals surface area contributed by atoms with Crippen LogP contribution in [0, 0.1) is 5.41 Å². The van der Waals surface area contributed by atoms with E-state index in [0.717, 1.165) is 11.3 Å². The van der Waals surface area contributed by atoms with E-state index in [9.17, 15) is 4.79 Å². The van der Waals surface area contributed by atoms with E-state index in [1.165, 1.54) is 5.56 Å². The molecule has 0 aromatic heterocycles. The van der Waals surface area contributed by atoms with Crippen LogP contribution in [0.5, 0.6) is 5.75 Å². The molecule has 0 radical (unpaired) electrons. The largest absolute Gasteiger partial charge is 0.426 e. The van der Waals surface area contributed by atoms with E-state index in [2.05, 4.69) is 26.0 Å². The summed E-state index contributed by atoms with van der Waals surface area (Å²) in [5.41, 5.74) is 1.64. The Labute approximate surface area is 118 Å². The van der Waals surface area contributed by atoms with Crippen LogP contribution >= 0.6 is 0 Å². The molecule has 2 heteroatoms. The second-order valence-electron chi connectivity index (χ2n) is 6.26. The van der Waals surface area contributed by atoms with Crippen LogP contribution in [-0.4, -0.2) is 5.97 Å². The van der Waals surface area contributed by atoms with Gasteiger partial charge in [-0.05, 0) is 17.0 Å². The minimum absolute atomic E-state index is 0.0995. The summed E-state index contributed by atoms with van der Waals surface area (Å²) in [6, 6.07) is 18.1. The van der Waals surface area contributed by atoms with Gasteiger partial charge < -0.3 is 4.74 Å². The number of carbonyl (C=O) groups excluding carboxylic acids is 1. The predicted octanol–water partition coefficient (Wildman–Crippen LogP) is 3.67. The molecule has 0 N–H and O–H groups in total. The van der Waals surface area contributed by atoms with Gasteiger partial charge in [0.15, 0.2) is 0 Å². The van der Waals surface area contributed by atoms with Crippen LogP contribution in [-0.2, 0) is 10.2 Å². The highest BCUT2D eigenvalue weighted by Crippen LogP contribution is 2.77. The van der Waals surface area contributed by atoms with Gasteiger partial charge in [-0.2, -0.15) is 0 Å². The van der Waals surface area contributed by atoms with Crippen LogP contribution in [0.25, 0.3) is 0 Å². The molecule has 2 aliphatic rings. The highest BCUT2D eigenvalue weighted by molar-refractivity contribution is 5.97. The zero-order valence-corrected chi connectivity index (χ0v) is 11.6. The number of benzene rings is 2. The highest BCUT2D eigenvalue weighted by atomic mass is 16.5. The molecular weight excluding hydrogens is 248 g/mol. The molecule has 1 saturated carbocycles. The van der Waals surface area contributed by atoms with Crippen molar-refractivity contribution in [2.24, 2.45) is 5.41 Å². The fraction of sp³-hybridized carbons (Fsp3) is 0.278. The van der Waals surface area contributed by atoms with Gasteiger partial charge in [-0.25, -0.2) is 0 Å². The Morgan fingerprint density at radius 3 is 2.35 bits per heavy atom. The number of fused-ring (bicyclic) bond motifs is 2. The van der Waals surface area contributed by atoms with Gasteiger partial charge in [0.25, 0.3) is 0 Å². The van der Waals surface area contributed by atoms with E-state index in [1.54, 1.807) is 0 Å². The molecule has 0 amide bonds. The zero-order chi connectivity index (χ0) is 14.0. The summed E-state index contributed by atoms with van der Waals surface area (Å²) in [6.45, 7) is 4.32. The third-order valence-electron chi connectivity index (χ3n) is 5.06. The molecule has 1 aliphatic carbocycles. The lowest BCUT2D eigenvalue weighted by Gasteiger charge is -2.09. The summed E-state index contributed by atoms with van der Waals surface area (Å²) in [7, 11) is 0. The van der Waals surface area contributed by atoms with Crippen LogP contribution in [0.4, 0.5) is 0 Å². The van der Waals surface area contributed by atoms with Gasteiger partial charge >= 0.3 is 5.97 Å². The second kappa shape index (κ2) is 3.51. The van der Waals surface area contributed by atoms with Crippen molar-refractivity contribution in [2.75, 3.05) is 0 Å². The van der Waals surface area contributed by atoms with Crippen LogP contribution in [0.1, 0.15) is 30.9 Å². The lowest BCUT2D eigenvalue weighted by atomic mass is 9.88. The van der Waals surface area contributed by atoms with Crippen molar-refractivity contribution in [3.63, 3.8) is 0 Å². The standard InChI is InChI=1S/C18H16O2/c1-17(2)15(12-8-4-3-5-9-12)18(17)13-10-6-7-11-14(13)20-16(18)19/h3-11,15H,1-2H3/t15-,18+/m0/s1. The van der Waals surface area contributed by atoms with Gasteiger partial charge in [0.05, 0.1) is 0 Å². The molecule has 1 spiro atoms. The molecule has 1 fully saturated rings. The van der Waals surface area contributed by atoms with Gasteiger partial charge in [-0.3, -0.25) is 4.79 Å². The van der Waals surface area contributed by atoms with Gasteiger partial charge in [0.2, 0.25) is 0 Å². The lowest BCUT2D eigenvalue weighted by molar-refractivity contribution is -0.136. The SMILES string of the molecule is CC1(C)[C@H](c2ccccc2)[C@]12C(=O)Oc1ccccc12. The van der Waals surface area contributed by atoms with E-state index in [0.29, 0.717) is 0 Å². The molecule has 1 aliphatic heterocycles. The molecular formula is C18H16O2. The molecule has 100 valence electrons. The minimum atomic E-state index is -0.509. The smallest absolute Gasteiger partial charge is 0.323 e. The number of carbonyl (C=O) groups is 1. The quantitative estimate of drug-likeness (QED) is 0.580. The Morgan fingerprint density at radius 1 is 0.950 bits per heavy atom. The third-order valence-corrected chi connectivity index (χ3v) is 5.06. The number of rotatable bonds is 1. The summed E-state index contributed by atoms with van der Waals surface area (Å²) >= 11 is 0. The molecule has 2 aromatic rings. The van der Waals surface area contributed by atoms with Crippen LogP contribution < -0.4 is 4.74 Å². The van der Waals surface area contributed by atoms with E-state index in [4.69, 9.17) is 4.74 Å². The Morgan fingerprint density at radius 2 is 1.60 bits per heavy atom. The van der Waals surface area contributed by atoms with Crippen molar-refractivity contribution in [3.05, 3.63) is 65.7 Å². The van der Waals surface area contributed by atoms with Crippen molar-refractivity contribution >= 4 is 5.97 Å². The number of hydrogen-bond acceptors (Lipinski definition) is 2. The normalized spacial score (nSPS) is 29.1. The Kier molecular flexibility index (Phi) is 2.06. The maximum atomic E-state index is 12.6. The number of hydrogen-bond donors (Lipinski definition) is 0. The second-order valence-corrected chi connectivity index (χ2v) is 6.26. The number of para-hydroxylation sites is 1. The highest BCUT2D eigenvalue weighted by Gasteiger charge is 2.80. The average molecular weight is 264 g/mol. The first kappa shape index (κ1) is 11.7. The van der Waals surface area contributed by atoms with E-state index in [1.807, 2.05) is 42.5 Å². The first-order valence-corrected chi connectivity index (χ1v) is 6.97. The molecule has 0 unspecified atom stereocenters. The van der Waals surface area contributed by atoms with Crippen LogP contribution in [0.3, 0.4) is 0 Å². The van der Waals surface area contributed by atoms with Gasteiger partial charge in [-0.1, -0.05) is 62.4 Å². The minimum Gasteiger partial charge on any atom is -0.426 e. The fourth-order valence-electron chi connectivity index (χ4n) is 4.13. The summed E-state index contributed by atoms with van der Waals surface area (Å²) in [5.74, 6) is 0.814. The van der Waals surface area contributed by atoms with Crippen molar-refractivity contribution in [1.29, 1.82) is 0 Å². The topological polar surface area (TPSA) is 26.3 Å². The molecule has 0 saturated heterocycles. The number of esters is 1.